The molecule has 0 bridgehead atoms. The number of fused-ring (bicyclic) bond motifs is 1. The Bertz CT molecular complexity index is 1340. The molecular formula is C30H34N2O3S. The molecule has 0 amide bonds. The highest BCUT2D eigenvalue weighted by Gasteiger charge is 2.30. The van der Waals surface area contributed by atoms with Crippen molar-refractivity contribution in [3.63, 3.8) is 0 Å². The molecule has 0 aliphatic carbocycles. The smallest absolute Gasteiger partial charge is 0.312 e. The van der Waals surface area contributed by atoms with Crippen molar-refractivity contribution in [2.75, 3.05) is 0 Å². The fourth-order valence-electron chi connectivity index (χ4n) is 4.37. The van der Waals surface area contributed by atoms with Gasteiger partial charge >= 0.3 is 5.97 Å². The number of rotatable bonds is 9. The number of nitrogens with zero attached hydrogens (tertiary/aromatic N) is 1. The number of aryl methyl sites for hydroxylation is 2. The number of carboxylic acid groups (broad SMARTS) is 1. The lowest BCUT2D eigenvalue weighted by molar-refractivity contribution is -0.138. The Morgan fingerprint density at radius 1 is 1.11 bits per heavy atom. The second-order valence-corrected chi connectivity index (χ2v) is 11.9. The molecule has 2 N–H and O–H groups in total. The van der Waals surface area contributed by atoms with Crippen LogP contribution in [0.2, 0.25) is 0 Å². The highest BCUT2D eigenvalue weighted by Crippen LogP contribution is 2.45. The number of ether oxygens (including phenoxy) is 1. The predicted octanol–water partition coefficient (Wildman–Crippen LogP) is 7.31. The van der Waals surface area contributed by atoms with Crippen molar-refractivity contribution >= 4 is 28.6 Å². The van der Waals surface area contributed by atoms with Gasteiger partial charge in [-0.15, -0.1) is 11.8 Å². The van der Waals surface area contributed by atoms with E-state index in [2.05, 4.69) is 37.7 Å². The molecule has 0 spiro atoms. The maximum atomic E-state index is 12.5. The average Bonchev–Trinajstić information content (AvgIpc) is 3.18. The summed E-state index contributed by atoms with van der Waals surface area (Å²) in [4.78, 5) is 21.5. The summed E-state index contributed by atoms with van der Waals surface area (Å²) in [6.45, 7) is 11.0. The lowest BCUT2D eigenvalue weighted by Crippen LogP contribution is -2.17. The Kier molecular flexibility index (Phi) is 7.74. The van der Waals surface area contributed by atoms with Crippen molar-refractivity contribution in [1.82, 2.24) is 9.97 Å². The van der Waals surface area contributed by atoms with Gasteiger partial charge in [-0.05, 0) is 49.1 Å². The third kappa shape index (κ3) is 5.93. The summed E-state index contributed by atoms with van der Waals surface area (Å²) in [7, 11) is 0. The summed E-state index contributed by atoms with van der Waals surface area (Å²) in [6.07, 6.45) is 3.03. The van der Waals surface area contributed by atoms with Gasteiger partial charge in [0.1, 0.15) is 18.3 Å². The largest absolute Gasteiger partial charge is 0.487 e. The van der Waals surface area contributed by atoms with Crippen molar-refractivity contribution in [2.45, 2.75) is 69.6 Å². The lowest BCUT2D eigenvalue weighted by atomic mass is 9.95. The minimum Gasteiger partial charge on any atom is -0.487 e. The fraction of sp³-hybridized carbons (Fsp3) is 0.333. The zero-order valence-electron chi connectivity index (χ0n) is 21.6. The Labute approximate surface area is 217 Å². The van der Waals surface area contributed by atoms with Gasteiger partial charge in [-0.1, -0.05) is 64.1 Å². The van der Waals surface area contributed by atoms with Gasteiger partial charge in [0, 0.05) is 38.0 Å². The summed E-state index contributed by atoms with van der Waals surface area (Å²) in [5, 5.41) is 11.3. The minimum absolute atomic E-state index is 0.104. The van der Waals surface area contributed by atoms with Gasteiger partial charge in [-0.2, -0.15) is 0 Å². The van der Waals surface area contributed by atoms with Gasteiger partial charge < -0.3 is 14.8 Å². The van der Waals surface area contributed by atoms with Crippen LogP contribution < -0.4 is 4.74 Å². The van der Waals surface area contributed by atoms with Crippen LogP contribution in [0, 0.1) is 6.92 Å². The molecule has 0 saturated heterocycles. The van der Waals surface area contributed by atoms with E-state index in [0.717, 1.165) is 56.0 Å². The number of hydrogen-bond donors (Lipinski definition) is 2. The number of aromatic nitrogens is 2. The van der Waals surface area contributed by atoms with Crippen molar-refractivity contribution in [2.24, 2.45) is 0 Å². The van der Waals surface area contributed by atoms with Crippen LogP contribution in [0.5, 0.6) is 5.75 Å². The molecule has 2 heterocycles. The van der Waals surface area contributed by atoms with Crippen LogP contribution in [0.3, 0.4) is 0 Å². The molecule has 0 aliphatic rings. The van der Waals surface area contributed by atoms with Crippen LogP contribution in [0.4, 0.5) is 0 Å². The van der Waals surface area contributed by atoms with Crippen LogP contribution in [-0.4, -0.2) is 25.8 Å². The van der Waals surface area contributed by atoms with Gasteiger partial charge in [0.05, 0.1) is 5.69 Å². The summed E-state index contributed by atoms with van der Waals surface area (Å²) in [5.74, 6) is -0.708. The molecule has 0 saturated carbocycles. The maximum Gasteiger partial charge on any atom is 0.312 e. The van der Waals surface area contributed by atoms with E-state index in [0.29, 0.717) is 13.0 Å². The van der Waals surface area contributed by atoms with Crippen LogP contribution in [0.1, 0.15) is 61.7 Å². The zero-order chi connectivity index (χ0) is 25.9. The molecule has 0 radical (unpaired) electrons. The van der Waals surface area contributed by atoms with Crippen molar-refractivity contribution in [1.29, 1.82) is 0 Å². The molecule has 0 fully saturated rings. The van der Waals surface area contributed by atoms with Crippen molar-refractivity contribution < 1.29 is 14.6 Å². The second-order valence-electron chi connectivity index (χ2n) is 10.1. The number of pyridine rings is 1. The first-order valence-electron chi connectivity index (χ1n) is 12.3. The van der Waals surface area contributed by atoms with Crippen LogP contribution in [-0.2, 0) is 24.2 Å². The number of nitrogens with one attached hydrogen (secondary N) is 1. The van der Waals surface area contributed by atoms with Gasteiger partial charge in [-0.3, -0.25) is 9.78 Å². The Balaban J connectivity index is 1.80. The summed E-state index contributed by atoms with van der Waals surface area (Å²) in [6, 6.07) is 17.8. The number of aromatic amines is 1. The van der Waals surface area contributed by atoms with Crippen LogP contribution in [0.15, 0.2) is 65.7 Å². The molecule has 2 aromatic heterocycles. The molecule has 4 aromatic rings. The van der Waals surface area contributed by atoms with E-state index in [-0.39, 0.29) is 4.75 Å². The number of H-pyrrole nitrogens is 1. The van der Waals surface area contributed by atoms with Crippen LogP contribution >= 0.6 is 11.8 Å². The third-order valence-corrected chi connectivity index (χ3v) is 7.29. The third-order valence-electron chi connectivity index (χ3n) is 6.05. The Morgan fingerprint density at radius 3 is 2.47 bits per heavy atom. The summed E-state index contributed by atoms with van der Waals surface area (Å²) >= 11 is 1.71. The predicted molar refractivity (Wildman–Crippen MR) is 147 cm³/mol. The zero-order valence-corrected chi connectivity index (χ0v) is 22.4. The number of thioether (sulfide) groups is 1. The van der Waals surface area contributed by atoms with Crippen molar-refractivity contribution in [3.8, 4) is 5.75 Å². The topological polar surface area (TPSA) is 75.2 Å². The lowest BCUT2D eigenvalue weighted by Gasteiger charge is -2.21. The molecule has 188 valence electrons. The Morgan fingerprint density at radius 2 is 1.86 bits per heavy atom. The second kappa shape index (κ2) is 10.8. The van der Waals surface area contributed by atoms with Crippen LogP contribution in [0.25, 0.3) is 10.9 Å². The summed E-state index contributed by atoms with van der Waals surface area (Å²) < 4.78 is 6.15. The van der Waals surface area contributed by atoms with Gasteiger partial charge in [0.15, 0.2) is 0 Å². The van der Waals surface area contributed by atoms with E-state index in [1.165, 1.54) is 0 Å². The first kappa shape index (κ1) is 25.8. The maximum absolute atomic E-state index is 12.5. The fourth-order valence-corrected chi connectivity index (χ4v) is 5.62. The molecule has 2 aromatic carbocycles. The van der Waals surface area contributed by atoms with Gasteiger partial charge in [-0.25, -0.2) is 0 Å². The SMILES string of the molecule is CCc1c(OCc2ccc(C)cn2)ccc2[nH]c(C(Cc3ccccc3)C(=O)O)c(SC(C)(C)C)c12. The molecule has 4 rings (SSSR count). The molecule has 1 atom stereocenters. The van der Waals surface area contributed by atoms with Gasteiger partial charge in [0.2, 0.25) is 0 Å². The number of benzene rings is 2. The monoisotopic (exact) mass is 502 g/mol. The molecule has 0 aliphatic heterocycles. The first-order valence-corrected chi connectivity index (χ1v) is 13.2. The molecule has 36 heavy (non-hydrogen) atoms. The Hall–Kier alpha value is -3.25. The summed E-state index contributed by atoms with van der Waals surface area (Å²) in [5.41, 5.74) is 5.76. The van der Waals surface area contributed by atoms with E-state index in [1.807, 2.05) is 67.7 Å². The number of aliphatic carboxylic acids is 1. The van der Waals surface area contributed by atoms with Gasteiger partial charge in [0.25, 0.3) is 0 Å². The number of carboxylic acids is 1. The highest BCUT2D eigenvalue weighted by atomic mass is 32.2. The van der Waals surface area contributed by atoms with E-state index < -0.39 is 11.9 Å². The molecule has 5 nitrogen and oxygen atoms in total. The highest BCUT2D eigenvalue weighted by molar-refractivity contribution is 8.00. The normalized spacial score (nSPS) is 12.6. The molecule has 6 heteroatoms. The minimum atomic E-state index is -0.832. The quantitative estimate of drug-likeness (QED) is 0.235. The van der Waals surface area contributed by atoms with E-state index in [4.69, 9.17) is 4.74 Å². The molecular weight excluding hydrogens is 468 g/mol. The standard InChI is InChI=1S/C30H34N2O3S/c1-6-22-25(35-18-21-13-12-19(2)17-31-21)15-14-24-26(22)28(36-30(3,4)5)27(32-24)23(29(33)34)16-20-10-8-7-9-11-20/h7-15,17,23,32H,6,16,18H2,1-5H3,(H,33,34). The number of carbonyl (C=O) groups is 1. The number of hydrogen-bond acceptors (Lipinski definition) is 4. The van der Waals surface area contributed by atoms with E-state index in [1.54, 1.807) is 11.8 Å². The average molecular weight is 503 g/mol. The molecule has 1 unspecified atom stereocenters. The van der Waals surface area contributed by atoms with E-state index >= 15 is 0 Å². The first-order chi connectivity index (χ1) is 17.2. The van der Waals surface area contributed by atoms with Crippen molar-refractivity contribution in [3.05, 3.63) is 88.9 Å². The van der Waals surface area contributed by atoms with E-state index in [9.17, 15) is 9.90 Å².